The summed E-state index contributed by atoms with van der Waals surface area (Å²) in [6, 6.07) is 5.26. The summed E-state index contributed by atoms with van der Waals surface area (Å²) in [7, 11) is 0. The van der Waals surface area contributed by atoms with E-state index in [-0.39, 0.29) is 16.3 Å². The molecule has 20 heavy (non-hydrogen) atoms. The van der Waals surface area contributed by atoms with Crippen molar-refractivity contribution in [2.45, 2.75) is 6.92 Å². The lowest BCUT2D eigenvalue weighted by Crippen LogP contribution is -2.23. The average molecular weight is 360 g/mol. The van der Waals surface area contributed by atoms with Crippen molar-refractivity contribution in [3.05, 3.63) is 61.2 Å². The molecule has 0 spiro atoms. The number of hydrogen-bond donors (Lipinski definition) is 2. The predicted octanol–water partition coefficient (Wildman–Crippen LogP) is 3.49. The van der Waals surface area contributed by atoms with Crippen LogP contribution in [0, 0.1) is 12.7 Å². The Balaban J connectivity index is 2.35. The number of hydrogen-bond acceptors (Lipinski definition) is 2. The number of anilines is 1. The number of aromatic nitrogens is 1. The van der Waals surface area contributed by atoms with Crippen molar-refractivity contribution >= 4 is 39.1 Å². The van der Waals surface area contributed by atoms with Gasteiger partial charge in [0, 0.05) is 10.2 Å². The number of pyridine rings is 1. The zero-order chi connectivity index (χ0) is 14.9. The van der Waals surface area contributed by atoms with E-state index in [9.17, 15) is 14.0 Å². The summed E-state index contributed by atoms with van der Waals surface area (Å²) < 4.78 is 13.4. The largest absolute Gasteiger partial charge is 0.326 e. The standard InChI is InChI=1S/C13H9BrClFN2O2/c1-6-2-3-8(12(19)17-6)13(20)18-11-9(14)4-7(16)5-10(11)15/h2-5H,1H3,(H,17,19)(H,18,20). The van der Waals surface area contributed by atoms with E-state index in [1.807, 2.05) is 0 Å². The lowest BCUT2D eigenvalue weighted by atomic mass is 10.2. The van der Waals surface area contributed by atoms with Crippen LogP contribution in [0.1, 0.15) is 16.1 Å². The maximum absolute atomic E-state index is 13.1. The number of carbonyl (C=O) groups excluding carboxylic acids is 1. The third kappa shape index (κ3) is 3.08. The highest BCUT2D eigenvalue weighted by Crippen LogP contribution is 2.31. The molecule has 0 aliphatic heterocycles. The fourth-order valence-electron chi connectivity index (χ4n) is 1.59. The zero-order valence-electron chi connectivity index (χ0n) is 10.3. The number of nitrogens with one attached hydrogen (secondary N) is 2. The van der Waals surface area contributed by atoms with E-state index in [1.54, 1.807) is 13.0 Å². The lowest BCUT2D eigenvalue weighted by Gasteiger charge is -2.09. The van der Waals surface area contributed by atoms with Crippen molar-refractivity contribution in [2.24, 2.45) is 0 Å². The second kappa shape index (κ2) is 5.76. The van der Waals surface area contributed by atoms with Crippen molar-refractivity contribution < 1.29 is 9.18 Å². The molecule has 4 nitrogen and oxygen atoms in total. The van der Waals surface area contributed by atoms with Gasteiger partial charge in [0.2, 0.25) is 0 Å². The van der Waals surface area contributed by atoms with E-state index in [0.717, 1.165) is 6.07 Å². The van der Waals surface area contributed by atoms with Gasteiger partial charge in [-0.05, 0) is 47.1 Å². The topological polar surface area (TPSA) is 62.0 Å². The van der Waals surface area contributed by atoms with E-state index in [4.69, 9.17) is 11.6 Å². The van der Waals surface area contributed by atoms with Gasteiger partial charge < -0.3 is 10.3 Å². The Labute approximate surface area is 127 Å². The molecular weight excluding hydrogens is 351 g/mol. The fraction of sp³-hybridized carbons (Fsp3) is 0.0769. The molecular formula is C13H9BrClFN2O2. The van der Waals surface area contributed by atoms with Crippen LogP contribution in [0.25, 0.3) is 0 Å². The van der Waals surface area contributed by atoms with E-state index >= 15 is 0 Å². The Morgan fingerprint density at radius 1 is 1.40 bits per heavy atom. The van der Waals surface area contributed by atoms with Gasteiger partial charge in [-0.15, -0.1) is 0 Å². The number of aromatic amines is 1. The van der Waals surface area contributed by atoms with Crippen molar-refractivity contribution in [1.29, 1.82) is 0 Å². The summed E-state index contributed by atoms with van der Waals surface area (Å²) >= 11 is 8.96. The van der Waals surface area contributed by atoms with E-state index in [1.165, 1.54) is 12.1 Å². The van der Waals surface area contributed by atoms with Crippen molar-refractivity contribution in [3.8, 4) is 0 Å². The van der Waals surface area contributed by atoms with Gasteiger partial charge in [-0.3, -0.25) is 9.59 Å². The number of halogens is 3. The Morgan fingerprint density at radius 3 is 2.70 bits per heavy atom. The van der Waals surface area contributed by atoms with Crippen LogP contribution in [0.4, 0.5) is 10.1 Å². The number of benzene rings is 1. The van der Waals surface area contributed by atoms with Gasteiger partial charge in [-0.25, -0.2) is 4.39 Å². The Morgan fingerprint density at radius 2 is 2.10 bits per heavy atom. The third-order valence-corrected chi connectivity index (χ3v) is 3.47. The highest BCUT2D eigenvalue weighted by atomic mass is 79.9. The maximum Gasteiger partial charge on any atom is 0.261 e. The predicted molar refractivity (Wildman–Crippen MR) is 78.9 cm³/mol. The second-order valence-electron chi connectivity index (χ2n) is 4.08. The van der Waals surface area contributed by atoms with Gasteiger partial charge in [0.05, 0.1) is 10.7 Å². The lowest BCUT2D eigenvalue weighted by molar-refractivity contribution is 0.102. The molecule has 1 amide bonds. The molecule has 0 aliphatic rings. The molecule has 1 aromatic heterocycles. The summed E-state index contributed by atoms with van der Waals surface area (Å²) in [5.41, 5.74) is 0.297. The minimum atomic E-state index is -0.625. The SMILES string of the molecule is Cc1ccc(C(=O)Nc2c(Cl)cc(F)cc2Br)c(=O)[nH]1. The summed E-state index contributed by atoms with van der Waals surface area (Å²) in [4.78, 5) is 26.2. The smallest absolute Gasteiger partial charge is 0.261 e. The maximum atomic E-state index is 13.1. The molecule has 2 rings (SSSR count). The average Bonchev–Trinajstić information content (AvgIpc) is 2.33. The second-order valence-corrected chi connectivity index (χ2v) is 5.34. The molecule has 0 saturated heterocycles. The normalized spacial score (nSPS) is 10.4. The molecule has 0 aliphatic carbocycles. The van der Waals surface area contributed by atoms with Gasteiger partial charge in [-0.2, -0.15) is 0 Å². The monoisotopic (exact) mass is 358 g/mol. The van der Waals surface area contributed by atoms with Crippen LogP contribution in [0.5, 0.6) is 0 Å². The summed E-state index contributed by atoms with van der Waals surface area (Å²) in [5, 5.41) is 2.51. The summed E-state index contributed by atoms with van der Waals surface area (Å²) in [5.74, 6) is -1.16. The van der Waals surface area contributed by atoms with Crippen LogP contribution in [0.15, 0.2) is 33.5 Å². The highest BCUT2D eigenvalue weighted by Gasteiger charge is 2.15. The minimum Gasteiger partial charge on any atom is -0.326 e. The van der Waals surface area contributed by atoms with Crippen molar-refractivity contribution in [1.82, 2.24) is 4.98 Å². The summed E-state index contributed by atoms with van der Waals surface area (Å²) in [6.45, 7) is 1.70. The first-order chi connectivity index (χ1) is 9.38. The van der Waals surface area contributed by atoms with Crippen LogP contribution in [-0.2, 0) is 0 Å². The molecule has 2 aromatic rings. The van der Waals surface area contributed by atoms with Crippen LogP contribution in [0.3, 0.4) is 0 Å². The first-order valence-corrected chi connectivity index (χ1v) is 6.71. The number of carbonyl (C=O) groups is 1. The van der Waals surface area contributed by atoms with Crippen LogP contribution >= 0.6 is 27.5 Å². The Kier molecular flexibility index (Phi) is 4.25. The molecule has 0 atom stereocenters. The molecule has 104 valence electrons. The Bertz CT molecular complexity index is 722. The zero-order valence-corrected chi connectivity index (χ0v) is 12.6. The van der Waals surface area contributed by atoms with Gasteiger partial charge in [0.1, 0.15) is 11.4 Å². The van der Waals surface area contributed by atoms with Crippen LogP contribution in [0.2, 0.25) is 5.02 Å². The molecule has 1 aromatic carbocycles. The van der Waals surface area contributed by atoms with Gasteiger partial charge >= 0.3 is 0 Å². The number of aryl methyl sites for hydroxylation is 1. The number of amides is 1. The van der Waals surface area contributed by atoms with E-state index in [2.05, 4.69) is 26.2 Å². The molecule has 0 unspecified atom stereocenters. The molecule has 0 radical (unpaired) electrons. The Hall–Kier alpha value is -1.66. The molecule has 0 saturated carbocycles. The number of rotatable bonds is 2. The van der Waals surface area contributed by atoms with Gasteiger partial charge in [-0.1, -0.05) is 11.6 Å². The van der Waals surface area contributed by atoms with Crippen molar-refractivity contribution in [2.75, 3.05) is 5.32 Å². The van der Waals surface area contributed by atoms with Crippen LogP contribution in [-0.4, -0.2) is 10.9 Å². The van der Waals surface area contributed by atoms with Crippen LogP contribution < -0.4 is 10.9 Å². The van der Waals surface area contributed by atoms with Crippen molar-refractivity contribution in [3.63, 3.8) is 0 Å². The first kappa shape index (κ1) is 14.7. The van der Waals surface area contributed by atoms with Gasteiger partial charge in [0.15, 0.2) is 0 Å². The quantitative estimate of drug-likeness (QED) is 0.862. The molecule has 2 N–H and O–H groups in total. The molecule has 1 heterocycles. The third-order valence-electron chi connectivity index (χ3n) is 2.55. The number of H-pyrrole nitrogens is 1. The molecule has 0 fully saturated rings. The first-order valence-electron chi connectivity index (χ1n) is 5.54. The van der Waals surface area contributed by atoms with E-state index in [0.29, 0.717) is 10.2 Å². The molecule has 7 heteroatoms. The fourth-order valence-corrected chi connectivity index (χ4v) is 2.49. The van der Waals surface area contributed by atoms with E-state index < -0.39 is 17.3 Å². The molecule has 0 bridgehead atoms. The minimum absolute atomic E-state index is 0.0359. The highest BCUT2D eigenvalue weighted by molar-refractivity contribution is 9.10. The van der Waals surface area contributed by atoms with Gasteiger partial charge in [0.25, 0.3) is 11.5 Å². The summed E-state index contributed by atoms with van der Waals surface area (Å²) in [6.07, 6.45) is 0.